The Bertz CT molecular complexity index is 897. The summed E-state index contributed by atoms with van der Waals surface area (Å²) in [5, 5.41) is 2.69. The Balaban J connectivity index is 2.05. The molecule has 0 aromatic heterocycles. The highest BCUT2D eigenvalue weighted by atomic mass is 16.5. The summed E-state index contributed by atoms with van der Waals surface area (Å²) >= 11 is 0. The molecular weight excluding hydrogens is 402 g/mol. The van der Waals surface area contributed by atoms with Crippen LogP contribution in [0.3, 0.4) is 0 Å². The molecule has 0 bridgehead atoms. The minimum atomic E-state index is -1.05. The summed E-state index contributed by atoms with van der Waals surface area (Å²) in [5.41, 5.74) is 0.656. The Morgan fingerprint density at radius 2 is 1.65 bits per heavy atom. The number of nitrogens with one attached hydrogen (secondary N) is 1. The second-order valence-corrected chi connectivity index (χ2v) is 6.67. The lowest BCUT2D eigenvalue weighted by molar-refractivity contribution is -0.123. The SMILES string of the molecule is CCCCOc1ccc(C(=O)OC(C)C(=O)Nc2cc(OC)ccc2OC)cc1OC. The van der Waals surface area contributed by atoms with Crippen molar-refractivity contribution in [1.82, 2.24) is 0 Å². The Morgan fingerprint density at radius 1 is 0.935 bits per heavy atom. The van der Waals surface area contributed by atoms with E-state index in [1.54, 1.807) is 30.3 Å². The molecule has 2 rings (SSSR count). The lowest BCUT2D eigenvalue weighted by Gasteiger charge is -2.16. The molecular formula is C23H29NO7. The smallest absolute Gasteiger partial charge is 0.339 e. The Hall–Kier alpha value is -3.42. The van der Waals surface area contributed by atoms with Gasteiger partial charge in [-0.3, -0.25) is 4.79 Å². The van der Waals surface area contributed by atoms with Crippen molar-refractivity contribution in [1.29, 1.82) is 0 Å². The van der Waals surface area contributed by atoms with E-state index in [1.807, 2.05) is 0 Å². The molecule has 0 aliphatic heterocycles. The van der Waals surface area contributed by atoms with E-state index in [0.717, 1.165) is 12.8 Å². The van der Waals surface area contributed by atoms with E-state index in [1.165, 1.54) is 34.3 Å². The van der Waals surface area contributed by atoms with Crippen LogP contribution in [-0.4, -0.2) is 45.9 Å². The third-order valence-corrected chi connectivity index (χ3v) is 4.47. The summed E-state index contributed by atoms with van der Waals surface area (Å²) in [6, 6.07) is 9.74. The summed E-state index contributed by atoms with van der Waals surface area (Å²) < 4.78 is 26.7. The summed E-state index contributed by atoms with van der Waals surface area (Å²) in [6.45, 7) is 4.11. The zero-order valence-corrected chi connectivity index (χ0v) is 18.5. The maximum Gasteiger partial charge on any atom is 0.339 e. The molecule has 31 heavy (non-hydrogen) atoms. The van der Waals surface area contributed by atoms with E-state index in [9.17, 15) is 9.59 Å². The standard InChI is InChI=1S/C23H29NO7/c1-6-7-12-30-20-10-8-16(13-21(20)29-5)23(26)31-15(2)22(25)24-18-14-17(27-3)9-11-19(18)28-4/h8-11,13-15H,6-7,12H2,1-5H3,(H,24,25). The van der Waals surface area contributed by atoms with Gasteiger partial charge in [0.15, 0.2) is 17.6 Å². The van der Waals surface area contributed by atoms with Crippen LogP contribution in [0.5, 0.6) is 23.0 Å². The van der Waals surface area contributed by atoms with E-state index in [4.69, 9.17) is 23.7 Å². The number of rotatable bonds is 11. The van der Waals surface area contributed by atoms with Gasteiger partial charge in [0, 0.05) is 6.07 Å². The van der Waals surface area contributed by atoms with Crippen molar-refractivity contribution in [2.75, 3.05) is 33.3 Å². The van der Waals surface area contributed by atoms with Crippen LogP contribution in [0.25, 0.3) is 0 Å². The van der Waals surface area contributed by atoms with Crippen molar-refractivity contribution in [3.05, 3.63) is 42.0 Å². The van der Waals surface area contributed by atoms with Crippen LogP contribution in [0, 0.1) is 0 Å². The van der Waals surface area contributed by atoms with E-state index >= 15 is 0 Å². The molecule has 0 aliphatic carbocycles. The fourth-order valence-corrected chi connectivity index (χ4v) is 2.67. The van der Waals surface area contributed by atoms with Crippen LogP contribution >= 0.6 is 0 Å². The number of methoxy groups -OCH3 is 3. The summed E-state index contributed by atoms with van der Waals surface area (Å²) in [6.07, 6.45) is 0.876. The third kappa shape index (κ3) is 6.53. The van der Waals surface area contributed by atoms with Crippen molar-refractivity contribution < 1.29 is 33.3 Å². The number of carbonyl (C=O) groups is 2. The summed E-state index contributed by atoms with van der Waals surface area (Å²) in [7, 11) is 4.50. The van der Waals surface area contributed by atoms with Gasteiger partial charge >= 0.3 is 5.97 Å². The molecule has 0 saturated heterocycles. The number of amides is 1. The van der Waals surface area contributed by atoms with Gasteiger partial charge in [-0.25, -0.2) is 4.79 Å². The lowest BCUT2D eigenvalue weighted by atomic mass is 10.2. The average molecular weight is 431 g/mol. The van der Waals surface area contributed by atoms with Gasteiger partial charge in [0.25, 0.3) is 5.91 Å². The number of carbonyl (C=O) groups excluding carboxylic acids is 2. The Morgan fingerprint density at radius 3 is 2.29 bits per heavy atom. The fraction of sp³-hybridized carbons (Fsp3) is 0.391. The van der Waals surface area contributed by atoms with Crippen molar-refractivity contribution in [2.45, 2.75) is 32.8 Å². The number of esters is 1. The van der Waals surface area contributed by atoms with Crippen LogP contribution < -0.4 is 24.3 Å². The number of unbranched alkanes of at least 4 members (excludes halogenated alkanes) is 1. The van der Waals surface area contributed by atoms with Gasteiger partial charge in [-0.15, -0.1) is 0 Å². The van der Waals surface area contributed by atoms with Gasteiger partial charge in [0.05, 0.1) is 39.2 Å². The number of anilines is 1. The maximum absolute atomic E-state index is 12.5. The first-order valence-corrected chi connectivity index (χ1v) is 9.98. The number of benzene rings is 2. The largest absolute Gasteiger partial charge is 0.497 e. The Labute approximate surface area is 182 Å². The van der Waals surface area contributed by atoms with Gasteiger partial charge < -0.3 is 29.0 Å². The first-order valence-electron chi connectivity index (χ1n) is 9.98. The molecule has 2 aromatic rings. The molecule has 168 valence electrons. The van der Waals surface area contributed by atoms with Crippen LogP contribution in [0.15, 0.2) is 36.4 Å². The molecule has 8 nitrogen and oxygen atoms in total. The molecule has 8 heteroatoms. The van der Waals surface area contributed by atoms with Gasteiger partial charge in [-0.2, -0.15) is 0 Å². The van der Waals surface area contributed by atoms with Gasteiger partial charge in [-0.05, 0) is 43.7 Å². The first kappa shape index (κ1) is 23.9. The molecule has 2 aromatic carbocycles. The van der Waals surface area contributed by atoms with Gasteiger partial charge in [0.1, 0.15) is 11.5 Å². The monoisotopic (exact) mass is 431 g/mol. The maximum atomic E-state index is 12.5. The molecule has 0 spiro atoms. The predicted molar refractivity (Wildman–Crippen MR) is 116 cm³/mol. The predicted octanol–water partition coefficient (Wildman–Crippen LogP) is 4.08. The second kappa shape index (κ2) is 11.7. The van der Waals surface area contributed by atoms with Crippen LogP contribution in [0.2, 0.25) is 0 Å². The number of hydrogen-bond acceptors (Lipinski definition) is 7. The first-order chi connectivity index (χ1) is 14.9. The van der Waals surface area contributed by atoms with E-state index in [0.29, 0.717) is 35.3 Å². The zero-order valence-electron chi connectivity index (χ0n) is 18.5. The van der Waals surface area contributed by atoms with E-state index in [-0.39, 0.29) is 5.56 Å². The second-order valence-electron chi connectivity index (χ2n) is 6.67. The van der Waals surface area contributed by atoms with E-state index < -0.39 is 18.0 Å². The van der Waals surface area contributed by atoms with Crippen LogP contribution in [-0.2, 0) is 9.53 Å². The third-order valence-electron chi connectivity index (χ3n) is 4.47. The van der Waals surface area contributed by atoms with Gasteiger partial charge in [0.2, 0.25) is 0 Å². The number of hydrogen-bond donors (Lipinski definition) is 1. The average Bonchev–Trinajstić information content (AvgIpc) is 2.79. The highest BCUT2D eigenvalue weighted by Crippen LogP contribution is 2.30. The van der Waals surface area contributed by atoms with Crippen molar-refractivity contribution in [3.8, 4) is 23.0 Å². The molecule has 0 aliphatic rings. The van der Waals surface area contributed by atoms with Gasteiger partial charge in [-0.1, -0.05) is 13.3 Å². The molecule has 1 N–H and O–H groups in total. The number of ether oxygens (including phenoxy) is 5. The highest BCUT2D eigenvalue weighted by Gasteiger charge is 2.21. The summed E-state index contributed by atoms with van der Waals surface area (Å²) in [5.74, 6) is 0.808. The molecule has 0 fully saturated rings. The molecule has 0 heterocycles. The molecule has 0 radical (unpaired) electrons. The molecule has 1 amide bonds. The van der Waals surface area contributed by atoms with Crippen LogP contribution in [0.4, 0.5) is 5.69 Å². The van der Waals surface area contributed by atoms with E-state index in [2.05, 4.69) is 12.2 Å². The van der Waals surface area contributed by atoms with Crippen LogP contribution in [0.1, 0.15) is 37.0 Å². The highest BCUT2D eigenvalue weighted by molar-refractivity contribution is 5.98. The molecule has 1 atom stereocenters. The minimum absolute atomic E-state index is 0.248. The van der Waals surface area contributed by atoms with Crippen molar-refractivity contribution >= 4 is 17.6 Å². The minimum Gasteiger partial charge on any atom is -0.497 e. The Kier molecular flexibility index (Phi) is 8.99. The topological polar surface area (TPSA) is 92.3 Å². The fourth-order valence-electron chi connectivity index (χ4n) is 2.67. The molecule has 0 saturated carbocycles. The lowest BCUT2D eigenvalue weighted by Crippen LogP contribution is -2.30. The van der Waals surface area contributed by atoms with Crippen molar-refractivity contribution in [3.63, 3.8) is 0 Å². The summed E-state index contributed by atoms with van der Waals surface area (Å²) in [4.78, 5) is 25.1. The zero-order chi connectivity index (χ0) is 22.8. The van der Waals surface area contributed by atoms with Crippen molar-refractivity contribution in [2.24, 2.45) is 0 Å². The quantitative estimate of drug-likeness (QED) is 0.423. The molecule has 1 unspecified atom stereocenters. The normalized spacial score (nSPS) is 11.3.